The minimum absolute atomic E-state index is 0.240. The van der Waals surface area contributed by atoms with E-state index in [9.17, 15) is 13.2 Å². The predicted octanol–water partition coefficient (Wildman–Crippen LogP) is 5.55. The summed E-state index contributed by atoms with van der Waals surface area (Å²) in [5.74, 6) is -0.291. The fourth-order valence-electron chi connectivity index (χ4n) is 3.28. The maximum absolute atomic E-state index is 13.3. The normalized spacial score (nSPS) is 11.7. The Hall–Kier alpha value is -2.60. The highest BCUT2D eigenvalue weighted by Gasteiger charge is 2.22. The molecule has 0 aliphatic rings. The maximum atomic E-state index is 13.3. The van der Waals surface area contributed by atoms with Crippen molar-refractivity contribution >= 4 is 44.3 Å². The largest absolute Gasteiger partial charge is 0.313 e. The molecule has 0 unspecified atom stereocenters. The van der Waals surface area contributed by atoms with E-state index < -0.39 is 9.84 Å². The second-order valence-electron chi connectivity index (χ2n) is 6.62. The number of sulfone groups is 1. The smallest absolute Gasteiger partial charge is 0.212 e. The fraction of sp³-hybridized carbons (Fsp3) is 0.0455. The van der Waals surface area contributed by atoms with Crippen molar-refractivity contribution in [2.24, 2.45) is 0 Å². The zero-order valence-corrected chi connectivity index (χ0v) is 17.6. The molecular formula is C22H15Cl2NO3S. The van der Waals surface area contributed by atoms with Crippen LogP contribution in [0.25, 0.3) is 16.6 Å². The summed E-state index contributed by atoms with van der Waals surface area (Å²) in [5.41, 5.74) is 3.07. The van der Waals surface area contributed by atoms with Gasteiger partial charge in [-0.05, 0) is 48.0 Å². The zero-order chi connectivity index (χ0) is 20.8. The third-order valence-corrected chi connectivity index (χ3v) is 6.45. The highest BCUT2D eigenvalue weighted by molar-refractivity contribution is 7.90. The van der Waals surface area contributed by atoms with Crippen LogP contribution in [0.2, 0.25) is 10.0 Å². The zero-order valence-electron chi connectivity index (χ0n) is 15.3. The van der Waals surface area contributed by atoms with Crippen LogP contribution in [0.15, 0.2) is 77.8 Å². The van der Waals surface area contributed by atoms with Gasteiger partial charge in [0.25, 0.3) is 0 Å². The third-order valence-electron chi connectivity index (χ3n) is 4.69. The van der Waals surface area contributed by atoms with Gasteiger partial charge in [-0.25, -0.2) is 8.42 Å². The number of fused-ring (bicyclic) bond motifs is 1. The number of carbonyl (C=O) groups is 1. The molecule has 4 aromatic rings. The van der Waals surface area contributed by atoms with Gasteiger partial charge in [0.1, 0.15) is 0 Å². The number of carbonyl (C=O) groups excluding carboxylic acids is 1. The fourth-order valence-corrected chi connectivity index (χ4v) is 4.48. The summed E-state index contributed by atoms with van der Waals surface area (Å²) < 4.78 is 25.2. The van der Waals surface area contributed by atoms with Gasteiger partial charge in [0.2, 0.25) is 5.78 Å². The lowest BCUT2D eigenvalue weighted by Gasteiger charge is -2.06. The van der Waals surface area contributed by atoms with Crippen molar-refractivity contribution in [1.82, 2.24) is 4.40 Å². The van der Waals surface area contributed by atoms with Crippen molar-refractivity contribution in [3.63, 3.8) is 0 Å². The molecule has 7 heteroatoms. The van der Waals surface area contributed by atoms with Gasteiger partial charge in [-0.1, -0.05) is 47.5 Å². The van der Waals surface area contributed by atoms with Crippen LogP contribution in [0, 0.1) is 0 Å². The Morgan fingerprint density at radius 1 is 0.897 bits per heavy atom. The van der Waals surface area contributed by atoms with E-state index in [2.05, 4.69) is 0 Å². The van der Waals surface area contributed by atoms with Crippen LogP contribution in [0.5, 0.6) is 0 Å². The molecule has 2 aromatic carbocycles. The molecule has 29 heavy (non-hydrogen) atoms. The lowest BCUT2D eigenvalue weighted by molar-refractivity contribution is 0.103. The molecule has 0 saturated heterocycles. The van der Waals surface area contributed by atoms with E-state index in [0.29, 0.717) is 5.69 Å². The predicted molar refractivity (Wildman–Crippen MR) is 116 cm³/mol. The first kappa shape index (κ1) is 19.7. The Balaban J connectivity index is 1.90. The minimum Gasteiger partial charge on any atom is -0.313 e. The lowest BCUT2D eigenvalue weighted by Crippen LogP contribution is -2.06. The number of hydrogen-bond acceptors (Lipinski definition) is 3. The Kier molecular flexibility index (Phi) is 4.99. The second kappa shape index (κ2) is 7.34. The van der Waals surface area contributed by atoms with Crippen LogP contribution in [0.4, 0.5) is 0 Å². The first-order chi connectivity index (χ1) is 13.8. The van der Waals surface area contributed by atoms with Gasteiger partial charge in [0.05, 0.1) is 31.7 Å². The summed E-state index contributed by atoms with van der Waals surface area (Å²) in [7, 11) is -3.29. The van der Waals surface area contributed by atoms with Crippen LogP contribution < -0.4 is 0 Å². The van der Waals surface area contributed by atoms with Gasteiger partial charge in [0, 0.05) is 18.0 Å². The average molecular weight is 444 g/mol. The number of aromatic nitrogens is 1. The lowest BCUT2D eigenvalue weighted by atomic mass is 10.0. The molecule has 0 fully saturated rings. The van der Waals surface area contributed by atoms with Crippen molar-refractivity contribution in [1.29, 1.82) is 0 Å². The van der Waals surface area contributed by atoms with Crippen LogP contribution in [-0.4, -0.2) is 24.9 Å². The van der Waals surface area contributed by atoms with Crippen molar-refractivity contribution in [2.75, 3.05) is 6.26 Å². The molecule has 146 valence electrons. The molecule has 0 bridgehead atoms. The number of rotatable bonds is 4. The summed E-state index contributed by atoms with van der Waals surface area (Å²) >= 11 is 12.5. The van der Waals surface area contributed by atoms with E-state index in [1.807, 2.05) is 18.2 Å². The molecular weight excluding hydrogens is 429 g/mol. The quantitative estimate of drug-likeness (QED) is 0.388. The number of ketones is 1. The van der Waals surface area contributed by atoms with Crippen molar-refractivity contribution in [3.05, 3.63) is 94.2 Å². The van der Waals surface area contributed by atoms with Gasteiger partial charge in [0.15, 0.2) is 9.84 Å². The molecule has 0 amide bonds. The first-order valence-electron chi connectivity index (χ1n) is 8.66. The number of benzene rings is 2. The van der Waals surface area contributed by atoms with Crippen molar-refractivity contribution in [2.45, 2.75) is 4.90 Å². The van der Waals surface area contributed by atoms with Crippen LogP contribution >= 0.6 is 23.2 Å². The Bertz CT molecular complexity index is 1340. The van der Waals surface area contributed by atoms with Crippen LogP contribution in [-0.2, 0) is 9.84 Å². The van der Waals surface area contributed by atoms with E-state index in [1.165, 1.54) is 6.26 Å². The second-order valence-corrected chi connectivity index (χ2v) is 9.45. The average Bonchev–Trinajstić information content (AvgIpc) is 3.07. The highest BCUT2D eigenvalue weighted by Crippen LogP contribution is 2.32. The molecule has 2 aromatic heterocycles. The Morgan fingerprint density at radius 3 is 2.17 bits per heavy atom. The van der Waals surface area contributed by atoms with E-state index in [1.54, 1.807) is 59.1 Å². The Labute approximate surface area is 178 Å². The summed E-state index contributed by atoms with van der Waals surface area (Å²) in [6.45, 7) is 0. The molecule has 4 rings (SSSR count). The highest BCUT2D eigenvalue weighted by atomic mass is 35.5. The molecule has 0 aliphatic heterocycles. The van der Waals surface area contributed by atoms with Crippen LogP contribution in [0.1, 0.15) is 16.1 Å². The van der Waals surface area contributed by atoms with E-state index in [-0.39, 0.29) is 26.3 Å². The molecule has 0 radical (unpaired) electrons. The van der Waals surface area contributed by atoms with E-state index in [4.69, 9.17) is 23.2 Å². The number of hydrogen-bond donors (Lipinski definition) is 0. The topological polar surface area (TPSA) is 55.6 Å². The summed E-state index contributed by atoms with van der Waals surface area (Å²) in [6, 6.07) is 18.9. The number of halogens is 2. The standard InChI is InChI=1S/C22H15Cl2NO3S/c1-29(27,28)15-10-8-14(9-11-15)16-13-20(25-12-3-2-7-19(16)25)22(26)21-17(23)5-4-6-18(21)24/h2-13H,1H3. The van der Waals surface area contributed by atoms with Crippen molar-refractivity contribution < 1.29 is 13.2 Å². The molecule has 0 saturated carbocycles. The summed E-state index contributed by atoms with van der Waals surface area (Å²) in [5, 5.41) is 0.569. The molecule has 0 atom stereocenters. The monoisotopic (exact) mass is 443 g/mol. The SMILES string of the molecule is CS(=O)(=O)c1ccc(-c2cc(C(=O)c3c(Cl)cccc3Cl)n3ccccc23)cc1. The van der Waals surface area contributed by atoms with Gasteiger partial charge >= 0.3 is 0 Å². The molecule has 2 heterocycles. The van der Waals surface area contributed by atoms with Gasteiger partial charge in [-0.15, -0.1) is 0 Å². The minimum atomic E-state index is -3.29. The molecule has 0 N–H and O–H groups in total. The first-order valence-corrected chi connectivity index (χ1v) is 11.3. The molecule has 0 aliphatic carbocycles. The van der Waals surface area contributed by atoms with E-state index in [0.717, 1.165) is 16.6 Å². The maximum Gasteiger partial charge on any atom is 0.212 e. The van der Waals surface area contributed by atoms with Crippen molar-refractivity contribution in [3.8, 4) is 11.1 Å². The van der Waals surface area contributed by atoms with Gasteiger partial charge in [-0.3, -0.25) is 4.79 Å². The number of pyridine rings is 1. The van der Waals surface area contributed by atoms with E-state index >= 15 is 0 Å². The Morgan fingerprint density at radius 2 is 1.55 bits per heavy atom. The van der Waals surface area contributed by atoms with Gasteiger partial charge < -0.3 is 4.40 Å². The number of nitrogens with zero attached hydrogens (tertiary/aromatic N) is 1. The summed E-state index contributed by atoms with van der Waals surface area (Å²) in [6.07, 6.45) is 2.96. The van der Waals surface area contributed by atoms with Gasteiger partial charge in [-0.2, -0.15) is 0 Å². The summed E-state index contributed by atoms with van der Waals surface area (Å²) in [4.78, 5) is 13.5. The van der Waals surface area contributed by atoms with Crippen LogP contribution in [0.3, 0.4) is 0 Å². The molecule has 0 spiro atoms. The molecule has 4 nitrogen and oxygen atoms in total. The third kappa shape index (κ3) is 3.57.